The van der Waals surface area contributed by atoms with Crippen LogP contribution in [0.4, 0.5) is 0 Å². The van der Waals surface area contributed by atoms with Crippen molar-refractivity contribution in [1.82, 2.24) is 5.32 Å². The largest absolute Gasteiger partial charge is 0.467 e. The lowest BCUT2D eigenvalue weighted by Crippen LogP contribution is -2.48. The molecule has 0 bridgehead atoms. The van der Waals surface area contributed by atoms with Crippen molar-refractivity contribution in [1.29, 1.82) is 0 Å². The number of carbonyl (C=O) groups is 2. The van der Waals surface area contributed by atoms with Gasteiger partial charge in [-0.15, -0.1) is 0 Å². The number of nitrogens with two attached hydrogens (primary N) is 1. The average Bonchev–Trinajstić information content (AvgIpc) is 2.57. The Labute approximate surface area is 132 Å². The predicted octanol–water partition coefficient (Wildman–Crippen LogP) is 2.03. The van der Waals surface area contributed by atoms with E-state index in [4.69, 9.17) is 10.5 Å². The highest BCUT2D eigenvalue weighted by molar-refractivity contribution is 5.86. The van der Waals surface area contributed by atoms with Crippen molar-refractivity contribution >= 4 is 11.9 Å². The van der Waals surface area contributed by atoms with Gasteiger partial charge in [0.15, 0.2) is 0 Å². The monoisotopic (exact) mass is 306 g/mol. The Kier molecular flexibility index (Phi) is 7.05. The fourth-order valence-corrected chi connectivity index (χ4v) is 2.21. The molecule has 1 aromatic rings. The van der Waals surface area contributed by atoms with E-state index in [1.807, 2.05) is 44.2 Å². The highest BCUT2D eigenvalue weighted by atomic mass is 16.5. The lowest BCUT2D eigenvalue weighted by atomic mass is 9.93. The van der Waals surface area contributed by atoms with Gasteiger partial charge >= 0.3 is 5.97 Å². The van der Waals surface area contributed by atoms with Gasteiger partial charge in [-0.3, -0.25) is 4.79 Å². The normalized spacial score (nSPS) is 16.2. The first kappa shape index (κ1) is 18.2. The Morgan fingerprint density at radius 2 is 1.82 bits per heavy atom. The molecule has 1 rings (SSSR count). The molecule has 0 spiro atoms. The summed E-state index contributed by atoms with van der Waals surface area (Å²) in [4.78, 5) is 24.3. The molecule has 1 amide bonds. The van der Waals surface area contributed by atoms with E-state index in [2.05, 4.69) is 5.32 Å². The van der Waals surface area contributed by atoms with Gasteiger partial charge < -0.3 is 15.8 Å². The number of ether oxygens (including phenoxy) is 1. The van der Waals surface area contributed by atoms with E-state index < -0.39 is 24.0 Å². The van der Waals surface area contributed by atoms with Gasteiger partial charge in [0.05, 0.1) is 13.0 Å². The summed E-state index contributed by atoms with van der Waals surface area (Å²) in [7, 11) is 1.32. The summed E-state index contributed by atoms with van der Waals surface area (Å²) < 4.78 is 4.78. The van der Waals surface area contributed by atoms with Crippen LogP contribution in [0.3, 0.4) is 0 Å². The number of nitrogens with one attached hydrogen (secondary N) is 1. The van der Waals surface area contributed by atoms with Gasteiger partial charge in [0.2, 0.25) is 5.91 Å². The van der Waals surface area contributed by atoms with E-state index in [0.717, 1.165) is 12.0 Å². The molecule has 0 aliphatic carbocycles. The smallest absolute Gasteiger partial charge is 0.328 e. The number of hydrogen-bond acceptors (Lipinski definition) is 4. The molecular formula is C17H26N2O3. The fourth-order valence-electron chi connectivity index (χ4n) is 2.21. The first-order valence-corrected chi connectivity index (χ1v) is 7.61. The Balaban J connectivity index is 2.78. The van der Waals surface area contributed by atoms with Crippen molar-refractivity contribution in [2.45, 2.75) is 39.3 Å². The number of hydrogen-bond donors (Lipinski definition) is 2. The second kappa shape index (κ2) is 8.54. The molecule has 4 atom stereocenters. The van der Waals surface area contributed by atoms with Crippen LogP contribution in [0.1, 0.15) is 38.8 Å². The third-order valence-electron chi connectivity index (χ3n) is 4.10. The van der Waals surface area contributed by atoms with Crippen LogP contribution in [-0.4, -0.2) is 25.0 Å². The van der Waals surface area contributed by atoms with Gasteiger partial charge in [-0.05, 0) is 11.5 Å². The lowest BCUT2D eigenvalue weighted by molar-refractivity contribution is -0.147. The maximum atomic E-state index is 12.4. The quantitative estimate of drug-likeness (QED) is 0.755. The third-order valence-corrected chi connectivity index (χ3v) is 4.10. The molecule has 0 saturated heterocycles. The third kappa shape index (κ3) is 4.56. The van der Waals surface area contributed by atoms with Crippen LogP contribution in [0.2, 0.25) is 0 Å². The molecule has 5 heteroatoms. The molecule has 122 valence electrons. The Bertz CT molecular complexity index is 490. The summed E-state index contributed by atoms with van der Waals surface area (Å²) in [6.45, 7) is 5.63. The Hall–Kier alpha value is -1.88. The molecule has 3 N–H and O–H groups in total. The van der Waals surface area contributed by atoms with E-state index in [1.54, 1.807) is 6.92 Å². The van der Waals surface area contributed by atoms with Gasteiger partial charge in [-0.2, -0.15) is 0 Å². The van der Waals surface area contributed by atoms with Gasteiger partial charge in [-0.25, -0.2) is 4.79 Å². The molecule has 0 aromatic heterocycles. The van der Waals surface area contributed by atoms with Gasteiger partial charge in [0.1, 0.15) is 6.04 Å². The molecule has 0 radical (unpaired) electrons. The minimum absolute atomic E-state index is 0.00319. The SMILES string of the molecule is CC[C@H](C)[C@H](NC(=O)C(C)C(N)c1ccccc1)C(=O)OC. The standard InChI is InChI=1S/C17H26N2O3/c1-5-11(2)15(17(21)22-4)19-16(20)12(3)14(18)13-9-7-6-8-10-13/h6-12,14-15H,5,18H2,1-4H3,(H,19,20)/t11-,12?,14?,15-/m0/s1. The molecule has 2 unspecified atom stereocenters. The topological polar surface area (TPSA) is 81.4 Å². The van der Waals surface area contributed by atoms with Gasteiger partial charge in [0.25, 0.3) is 0 Å². The highest BCUT2D eigenvalue weighted by Gasteiger charge is 2.30. The van der Waals surface area contributed by atoms with Crippen molar-refractivity contribution in [3.63, 3.8) is 0 Å². The second-order valence-corrected chi connectivity index (χ2v) is 5.62. The zero-order valence-electron chi connectivity index (χ0n) is 13.7. The van der Waals surface area contributed by atoms with E-state index in [0.29, 0.717) is 0 Å². The molecule has 0 fully saturated rings. The molecule has 0 saturated carbocycles. The van der Waals surface area contributed by atoms with Crippen molar-refractivity contribution in [2.24, 2.45) is 17.6 Å². The summed E-state index contributed by atoms with van der Waals surface area (Å²) in [5.74, 6) is -1.12. The fraction of sp³-hybridized carbons (Fsp3) is 0.529. The molecule has 5 nitrogen and oxygen atoms in total. The van der Waals surface area contributed by atoms with Crippen LogP contribution in [0, 0.1) is 11.8 Å². The first-order valence-electron chi connectivity index (χ1n) is 7.61. The molecule has 0 aliphatic heterocycles. The zero-order valence-corrected chi connectivity index (χ0v) is 13.7. The lowest BCUT2D eigenvalue weighted by Gasteiger charge is -2.26. The number of esters is 1. The van der Waals surface area contributed by atoms with E-state index in [9.17, 15) is 9.59 Å². The maximum Gasteiger partial charge on any atom is 0.328 e. The molecule has 0 heterocycles. The van der Waals surface area contributed by atoms with Crippen LogP contribution in [0.15, 0.2) is 30.3 Å². The van der Waals surface area contributed by atoms with Crippen molar-refractivity contribution in [3.8, 4) is 0 Å². The average molecular weight is 306 g/mol. The Morgan fingerprint density at radius 3 is 2.32 bits per heavy atom. The Morgan fingerprint density at radius 1 is 1.23 bits per heavy atom. The summed E-state index contributed by atoms with van der Waals surface area (Å²) in [6.07, 6.45) is 0.763. The molecule has 1 aromatic carbocycles. The minimum Gasteiger partial charge on any atom is -0.467 e. The minimum atomic E-state index is -0.645. The van der Waals surface area contributed by atoms with Crippen LogP contribution in [-0.2, 0) is 14.3 Å². The number of rotatable bonds is 7. The number of carbonyl (C=O) groups excluding carboxylic acids is 2. The van der Waals surface area contributed by atoms with E-state index >= 15 is 0 Å². The summed E-state index contributed by atoms with van der Waals surface area (Å²) >= 11 is 0. The zero-order chi connectivity index (χ0) is 16.7. The van der Waals surface area contributed by atoms with Crippen LogP contribution < -0.4 is 11.1 Å². The number of amides is 1. The first-order chi connectivity index (χ1) is 10.4. The van der Waals surface area contributed by atoms with Crippen LogP contribution in [0.25, 0.3) is 0 Å². The van der Waals surface area contributed by atoms with Crippen molar-refractivity contribution in [3.05, 3.63) is 35.9 Å². The van der Waals surface area contributed by atoms with Crippen LogP contribution >= 0.6 is 0 Å². The van der Waals surface area contributed by atoms with Crippen LogP contribution in [0.5, 0.6) is 0 Å². The summed E-state index contributed by atoms with van der Waals surface area (Å²) in [5, 5.41) is 2.78. The highest BCUT2D eigenvalue weighted by Crippen LogP contribution is 2.20. The van der Waals surface area contributed by atoms with E-state index in [1.165, 1.54) is 7.11 Å². The van der Waals surface area contributed by atoms with Crippen molar-refractivity contribution < 1.29 is 14.3 Å². The second-order valence-electron chi connectivity index (χ2n) is 5.62. The summed E-state index contributed by atoms with van der Waals surface area (Å²) in [6, 6.07) is 8.38. The molecule has 22 heavy (non-hydrogen) atoms. The van der Waals surface area contributed by atoms with Gasteiger partial charge in [0, 0.05) is 6.04 Å². The predicted molar refractivity (Wildman–Crippen MR) is 85.9 cm³/mol. The maximum absolute atomic E-state index is 12.4. The van der Waals surface area contributed by atoms with Crippen molar-refractivity contribution in [2.75, 3.05) is 7.11 Å². The molecular weight excluding hydrogens is 280 g/mol. The number of methoxy groups -OCH3 is 1. The summed E-state index contributed by atoms with van der Waals surface area (Å²) in [5.41, 5.74) is 7.05. The van der Waals surface area contributed by atoms with E-state index in [-0.39, 0.29) is 11.8 Å². The number of benzene rings is 1. The molecule has 0 aliphatic rings. The van der Waals surface area contributed by atoms with Gasteiger partial charge in [-0.1, -0.05) is 57.5 Å².